The third kappa shape index (κ3) is 5.32. The summed E-state index contributed by atoms with van der Waals surface area (Å²) in [5.41, 5.74) is 6.00. The van der Waals surface area contributed by atoms with Crippen molar-refractivity contribution >= 4 is 55.6 Å². The lowest BCUT2D eigenvalue weighted by Gasteiger charge is -2.42. The predicted octanol–water partition coefficient (Wildman–Crippen LogP) is 10.7. The lowest BCUT2D eigenvalue weighted by Crippen LogP contribution is -2.56. The fourth-order valence-electron chi connectivity index (χ4n) is 8.13. The van der Waals surface area contributed by atoms with Crippen molar-refractivity contribution in [3.05, 3.63) is 92.1 Å². The van der Waals surface area contributed by atoms with Gasteiger partial charge in [0, 0.05) is 35.1 Å². The largest absolute Gasteiger partial charge is 0.476 e. The zero-order valence-electron chi connectivity index (χ0n) is 31.6. The molecule has 4 atom stereocenters. The molecule has 0 aromatic heterocycles. The quantitative estimate of drug-likeness (QED) is 0.249. The van der Waals surface area contributed by atoms with Crippen LogP contribution in [0, 0.1) is 10.8 Å². The van der Waals surface area contributed by atoms with Crippen LogP contribution < -0.4 is 9.47 Å². The van der Waals surface area contributed by atoms with Gasteiger partial charge in [0.1, 0.15) is 11.5 Å². The van der Waals surface area contributed by atoms with Crippen molar-refractivity contribution < 1.29 is 19.1 Å². The molecule has 6 bridgehead atoms. The minimum absolute atomic E-state index is 0.0521. The van der Waals surface area contributed by atoms with Gasteiger partial charge in [-0.05, 0) is 79.3 Å². The molecule has 0 saturated carbocycles. The Kier molecular flexibility index (Phi) is 7.79. The van der Waals surface area contributed by atoms with Crippen LogP contribution in [0.4, 0.5) is 0 Å². The van der Waals surface area contributed by atoms with Crippen molar-refractivity contribution in [2.45, 2.75) is 128 Å². The van der Waals surface area contributed by atoms with Gasteiger partial charge in [-0.1, -0.05) is 139 Å². The third-order valence-electron chi connectivity index (χ3n) is 11.2. The minimum Gasteiger partial charge on any atom is -0.476 e. The van der Waals surface area contributed by atoms with Gasteiger partial charge in [0.2, 0.25) is 11.6 Å². The molecule has 6 heteroatoms. The average Bonchev–Trinajstić information content (AvgIpc) is 3.56. The number of hydrogen-bond donors (Lipinski definition) is 0. The van der Waals surface area contributed by atoms with Crippen LogP contribution in [-0.2, 0) is 33.3 Å². The maximum Gasteiger partial charge on any atom is 0.208 e. The fraction of sp³-hybridized carbons (Fsp3) is 0.500. The molecule has 2 aromatic carbocycles. The number of allylic oxidation sites excluding steroid dienone is 2. The molecule has 0 amide bonds. The molecular weight excluding hydrogens is 752 g/mol. The number of hydrogen-bond acceptors (Lipinski definition) is 4. The first-order valence-corrected chi connectivity index (χ1v) is 19.7. The van der Waals surface area contributed by atoms with Gasteiger partial charge in [0.05, 0.1) is 9.65 Å². The Morgan fingerprint density at radius 1 is 0.540 bits per heavy atom. The Hall–Kier alpha value is -2.70. The van der Waals surface area contributed by atoms with Gasteiger partial charge in [-0.25, -0.2) is 0 Å². The number of fused-ring (bicyclic) bond motifs is 2. The second-order valence-corrected chi connectivity index (χ2v) is 21.1. The summed E-state index contributed by atoms with van der Waals surface area (Å²) in [5.74, 6) is 1.24. The molecule has 2 aromatic rings. The SMILES string of the molecule is CC(C)(C)C1=CC2=Cc3cc(C(C)(C)C)cc4c3O[C@]3(C4)C(=O)C(=Cc4cc(C(C)(C)C)cc5c4O[C@@](C5)(C2=O)[C@@H]1Br)C=C(C(C)(C)C)[C@@H]3Br. The van der Waals surface area contributed by atoms with Crippen molar-refractivity contribution in [1.82, 2.24) is 0 Å². The van der Waals surface area contributed by atoms with E-state index in [4.69, 9.17) is 9.47 Å². The normalized spacial score (nSPS) is 27.5. The summed E-state index contributed by atoms with van der Waals surface area (Å²) in [6.07, 6.45) is 8.95. The van der Waals surface area contributed by atoms with E-state index >= 15 is 9.59 Å². The van der Waals surface area contributed by atoms with Crippen molar-refractivity contribution in [2.24, 2.45) is 10.8 Å². The highest BCUT2D eigenvalue weighted by atomic mass is 79.9. The molecule has 5 aliphatic rings. The summed E-state index contributed by atoms with van der Waals surface area (Å²) >= 11 is 8.08. The first kappa shape index (κ1) is 35.7. The standard InChI is InChI=1S/C44H50Br2O4/c1-39(2,3)29-15-23-13-25-19-31(41(7,8)9)36(46)44(37(25)47)22-28-18-30(40(4,5)6)16-24(34(28)50-44)14-26-20-32(42(10,11)12)35(45)43(38(26)48)21-27(17-29)33(23)49-43/h13-20,35-36H,21-22H2,1-12H3/t35-,36+,43-,44+. The van der Waals surface area contributed by atoms with Crippen LogP contribution in [0.5, 0.6) is 11.5 Å². The van der Waals surface area contributed by atoms with Gasteiger partial charge in [0.15, 0.2) is 11.2 Å². The molecule has 3 heterocycles. The van der Waals surface area contributed by atoms with Gasteiger partial charge in [0.25, 0.3) is 0 Å². The second-order valence-electron chi connectivity index (χ2n) is 19.2. The first-order chi connectivity index (χ1) is 22.9. The minimum atomic E-state index is -1.20. The number of alkyl halides is 2. The van der Waals surface area contributed by atoms with Crippen molar-refractivity contribution in [2.75, 3.05) is 0 Å². The van der Waals surface area contributed by atoms with Crippen LogP contribution in [0.15, 0.2) is 58.7 Å². The summed E-state index contributed by atoms with van der Waals surface area (Å²) < 4.78 is 14.2. The number of halogens is 2. The monoisotopic (exact) mass is 800 g/mol. The van der Waals surface area contributed by atoms with Crippen LogP contribution in [0.25, 0.3) is 12.2 Å². The molecule has 50 heavy (non-hydrogen) atoms. The maximum atomic E-state index is 15.1. The first-order valence-electron chi connectivity index (χ1n) is 17.8. The summed E-state index contributed by atoms with van der Waals surface area (Å²) in [6, 6.07) is 8.70. The van der Waals surface area contributed by atoms with Crippen LogP contribution in [0.2, 0.25) is 0 Å². The van der Waals surface area contributed by atoms with Crippen molar-refractivity contribution in [3.63, 3.8) is 0 Å². The molecule has 0 saturated heterocycles. The lowest BCUT2D eigenvalue weighted by atomic mass is 9.70. The molecule has 0 unspecified atom stereocenters. The van der Waals surface area contributed by atoms with Gasteiger partial charge in [-0.3, -0.25) is 9.59 Å². The Morgan fingerprint density at radius 2 is 0.880 bits per heavy atom. The number of Topliss-reactive ketones (excluding diaryl/α,β-unsaturated/α-hetero) is 2. The molecular formula is C44H50Br2O4. The maximum absolute atomic E-state index is 15.1. The summed E-state index contributed by atoms with van der Waals surface area (Å²) in [6.45, 7) is 26.3. The topological polar surface area (TPSA) is 52.6 Å². The Bertz CT molecular complexity index is 1870. The summed E-state index contributed by atoms with van der Waals surface area (Å²) in [4.78, 5) is 29.5. The van der Waals surface area contributed by atoms with E-state index in [2.05, 4.69) is 151 Å². The highest BCUT2D eigenvalue weighted by molar-refractivity contribution is 9.10. The van der Waals surface area contributed by atoms with E-state index in [1.165, 1.54) is 0 Å². The number of carbonyl (C=O) groups excluding carboxylic acids is 2. The molecule has 4 nitrogen and oxygen atoms in total. The van der Waals surface area contributed by atoms with E-state index in [-0.39, 0.29) is 42.9 Å². The van der Waals surface area contributed by atoms with E-state index < -0.39 is 11.2 Å². The lowest BCUT2D eigenvalue weighted by molar-refractivity contribution is -0.129. The zero-order valence-corrected chi connectivity index (χ0v) is 34.7. The number of benzene rings is 2. The van der Waals surface area contributed by atoms with Crippen molar-refractivity contribution in [3.8, 4) is 11.5 Å². The molecule has 0 N–H and O–H groups in total. The van der Waals surface area contributed by atoms with Gasteiger partial charge in [-0.2, -0.15) is 0 Å². The third-order valence-corrected chi connectivity index (χ3v) is 13.7. The van der Waals surface area contributed by atoms with Crippen LogP contribution >= 0.6 is 31.9 Å². The Morgan fingerprint density at radius 3 is 1.18 bits per heavy atom. The number of ether oxygens (including phenoxy) is 2. The highest BCUT2D eigenvalue weighted by Crippen LogP contribution is 2.55. The molecule has 2 spiro atoms. The van der Waals surface area contributed by atoms with E-state index in [1.54, 1.807) is 0 Å². The van der Waals surface area contributed by atoms with Gasteiger partial charge in [-0.15, -0.1) is 0 Å². The molecule has 7 rings (SSSR count). The number of rotatable bonds is 0. The Labute approximate surface area is 315 Å². The second kappa shape index (κ2) is 10.9. The molecule has 3 aliphatic heterocycles. The molecule has 2 aliphatic carbocycles. The van der Waals surface area contributed by atoms with Crippen LogP contribution in [0.3, 0.4) is 0 Å². The van der Waals surface area contributed by atoms with E-state index in [1.807, 2.05) is 12.2 Å². The zero-order chi connectivity index (χ0) is 36.7. The molecule has 0 radical (unpaired) electrons. The number of carbonyl (C=O) groups is 2. The van der Waals surface area contributed by atoms with Crippen LogP contribution in [0.1, 0.15) is 116 Å². The summed E-state index contributed by atoms with van der Waals surface area (Å²) in [7, 11) is 0. The highest BCUT2D eigenvalue weighted by Gasteiger charge is 2.59. The van der Waals surface area contributed by atoms with Gasteiger partial charge >= 0.3 is 0 Å². The Balaban J connectivity index is 1.62. The van der Waals surface area contributed by atoms with Crippen LogP contribution in [-0.4, -0.2) is 32.4 Å². The average molecular weight is 803 g/mol. The molecule has 0 fully saturated rings. The van der Waals surface area contributed by atoms with E-state index in [0.29, 0.717) is 35.5 Å². The van der Waals surface area contributed by atoms with E-state index in [9.17, 15) is 0 Å². The van der Waals surface area contributed by atoms with Gasteiger partial charge < -0.3 is 9.47 Å². The molecule has 264 valence electrons. The van der Waals surface area contributed by atoms with Crippen molar-refractivity contribution in [1.29, 1.82) is 0 Å². The number of ketones is 2. The van der Waals surface area contributed by atoms with E-state index in [0.717, 1.165) is 44.5 Å². The summed E-state index contributed by atoms with van der Waals surface area (Å²) in [5, 5.41) is 0. The predicted molar refractivity (Wildman–Crippen MR) is 211 cm³/mol. The fourth-order valence-corrected chi connectivity index (χ4v) is 10.7. The smallest absolute Gasteiger partial charge is 0.208 e.